The molecule has 3 aromatic carbocycles. The standard InChI is InChI=1S/C27H21N5O3.2Li.2H/c1-15-5-4-8-21-22(15)23(27(33)34)25(24(28-21)17-9-10-17)35-18-13-11-16(12-14-18)19-6-2-3-7-20(19)26-29-31-32-30-26;;;;/h2-8,11-14,17H,9-10H2,1H3,(H,33,34)(H,29,30,31,32);;;;. The first-order valence-electron chi connectivity index (χ1n) is 11.4. The molecule has 0 aliphatic heterocycles. The van der Waals surface area contributed by atoms with Crippen molar-refractivity contribution < 1.29 is 14.6 Å². The van der Waals surface area contributed by atoms with E-state index in [1.165, 1.54) is 0 Å². The fourth-order valence-corrected chi connectivity index (χ4v) is 4.46. The Labute approximate surface area is 237 Å². The molecule has 6 rings (SSSR count). The average Bonchev–Trinajstić information content (AvgIpc) is 3.57. The Morgan fingerprint density at radius 3 is 2.35 bits per heavy atom. The molecule has 8 nitrogen and oxygen atoms in total. The SMILES string of the molecule is Cc1cccc2nc(C3CC3)c(Oc3ccc(-c4ccccc4-c4nn[nH]n4)cc3)c(C(=O)O)c12.[LiH].[LiH]. The second-order valence-corrected chi connectivity index (χ2v) is 8.66. The number of fused-ring (bicyclic) bond motifs is 1. The number of carboxylic acid groups (broad SMARTS) is 1. The topological polar surface area (TPSA) is 114 Å². The van der Waals surface area contributed by atoms with Crippen molar-refractivity contribution in [3.8, 4) is 34.0 Å². The number of pyridine rings is 1. The summed E-state index contributed by atoms with van der Waals surface area (Å²) in [5.41, 5.74) is 5.18. The van der Waals surface area contributed by atoms with Gasteiger partial charge in [-0.25, -0.2) is 9.78 Å². The maximum absolute atomic E-state index is 12.4. The van der Waals surface area contributed by atoms with E-state index in [-0.39, 0.29) is 49.2 Å². The van der Waals surface area contributed by atoms with Gasteiger partial charge in [0.2, 0.25) is 5.82 Å². The molecule has 1 aliphatic rings. The van der Waals surface area contributed by atoms with Gasteiger partial charge in [-0.1, -0.05) is 48.5 Å². The normalized spacial score (nSPS) is 12.5. The summed E-state index contributed by atoms with van der Waals surface area (Å²) in [7, 11) is 0. The third-order valence-corrected chi connectivity index (χ3v) is 6.28. The Kier molecular flexibility index (Phi) is 7.87. The number of hydrogen-bond acceptors (Lipinski definition) is 6. The van der Waals surface area contributed by atoms with E-state index in [0.717, 1.165) is 35.1 Å². The summed E-state index contributed by atoms with van der Waals surface area (Å²) >= 11 is 0. The van der Waals surface area contributed by atoms with Gasteiger partial charge in [-0.2, -0.15) is 5.21 Å². The Morgan fingerprint density at radius 2 is 1.70 bits per heavy atom. The molecule has 10 heteroatoms. The first kappa shape index (κ1) is 26.7. The van der Waals surface area contributed by atoms with Crippen LogP contribution in [0.4, 0.5) is 0 Å². The van der Waals surface area contributed by atoms with Crippen LogP contribution >= 0.6 is 0 Å². The van der Waals surface area contributed by atoms with E-state index >= 15 is 0 Å². The summed E-state index contributed by atoms with van der Waals surface area (Å²) in [6.07, 6.45) is 1.96. The van der Waals surface area contributed by atoms with Crippen molar-refractivity contribution >= 4 is 54.6 Å². The molecule has 2 heterocycles. The Hall–Kier alpha value is -3.40. The van der Waals surface area contributed by atoms with Crippen LogP contribution in [0.15, 0.2) is 66.7 Å². The first-order valence-corrected chi connectivity index (χ1v) is 11.4. The molecule has 1 saturated carbocycles. The number of aromatic nitrogens is 5. The zero-order chi connectivity index (χ0) is 23.9. The number of benzene rings is 3. The number of nitrogens with one attached hydrogen (secondary N) is 1. The number of ether oxygens (including phenoxy) is 1. The zero-order valence-electron chi connectivity index (χ0n) is 18.9. The van der Waals surface area contributed by atoms with Crippen LogP contribution in [0.25, 0.3) is 33.4 Å². The molecule has 0 spiro atoms. The number of carboxylic acids is 1. The van der Waals surface area contributed by atoms with Gasteiger partial charge in [0.1, 0.15) is 11.3 Å². The van der Waals surface area contributed by atoms with E-state index in [2.05, 4.69) is 20.6 Å². The van der Waals surface area contributed by atoms with Crippen molar-refractivity contribution in [2.24, 2.45) is 0 Å². The van der Waals surface area contributed by atoms with E-state index in [0.29, 0.717) is 33.9 Å². The van der Waals surface area contributed by atoms with Gasteiger partial charge in [0.05, 0.1) is 11.2 Å². The molecule has 0 saturated heterocycles. The molecule has 1 aliphatic carbocycles. The summed E-state index contributed by atoms with van der Waals surface area (Å²) < 4.78 is 6.28. The Balaban J connectivity index is 0.00000160. The number of hydrogen-bond donors (Lipinski definition) is 2. The molecule has 0 bridgehead atoms. The molecule has 37 heavy (non-hydrogen) atoms. The monoisotopic (exact) mass is 479 g/mol. The number of aromatic carboxylic acids is 1. The predicted molar refractivity (Wildman–Crippen MR) is 145 cm³/mol. The molecular weight excluding hydrogens is 456 g/mol. The molecule has 0 radical (unpaired) electrons. The van der Waals surface area contributed by atoms with Crippen LogP contribution < -0.4 is 4.74 Å². The van der Waals surface area contributed by atoms with Crippen molar-refractivity contribution in [1.29, 1.82) is 0 Å². The van der Waals surface area contributed by atoms with Gasteiger partial charge < -0.3 is 9.84 Å². The number of aryl methyl sites for hydroxylation is 1. The Bertz CT molecular complexity index is 1570. The summed E-state index contributed by atoms with van der Waals surface area (Å²) in [5.74, 6) is 0.591. The predicted octanol–water partition coefficient (Wildman–Crippen LogP) is 4.46. The van der Waals surface area contributed by atoms with Crippen LogP contribution in [0.1, 0.15) is 40.4 Å². The van der Waals surface area contributed by atoms with E-state index in [1.807, 2.05) is 73.7 Å². The van der Waals surface area contributed by atoms with E-state index < -0.39 is 5.97 Å². The van der Waals surface area contributed by atoms with Crippen molar-refractivity contribution in [3.63, 3.8) is 0 Å². The van der Waals surface area contributed by atoms with Gasteiger partial charge in [0, 0.05) is 16.9 Å². The van der Waals surface area contributed by atoms with Crippen molar-refractivity contribution in [2.75, 3.05) is 0 Å². The maximum atomic E-state index is 12.4. The second kappa shape index (κ2) is 10.9. The van der Waals surface area contributed by atoms with Crippen molar-refractivity contribution in [2.45, 2.75) is 25.7 Å². The minimum atomic E-state index is -1.02. The first-order chi connectivity index (χ1) is 17.1. The van der Waals surface area contributed by atoms with E-state index in [4.69, 9.17) is 9.72 Å². The van der Waals surface area contributed by atoms with Crippen molar-refractivity contribution in [1.82, 2.24) is 25.6 Å². The van der Waals surface area contributed by atoms with Gasteiger partial charge in [-0.05, 0) is 59.9 Å². The minimum absolute atomic E-state index is 0. The molecule has 0 atom stereocenters. The Morgan fingerprint density at radius 1 is 0.973 bits per heavy atom. The molecule has 0 amide bonds. The average molecular weight is 479 g/mol. The number of rotatable bonds is 6. The van der Waals surface area contributed by atoms with E-state index in [1.54, 1.807) is 0 Å². The number of carbonyl (C=O) groups is 1. The number of nitrogens with zero attached hydrogens (tertiary/aromatic N) is 4. The van der Waals surface area contributed by atoms with Crippen LogP contribution in [-0.2, 0) is 0 Å². The number of H-pyrrole nitrogens is 1. The molecular formula is C27H23Li2N5O3. The quantitative estimate of drug-likeness (QED) is 0.346. The van der Waals surface area contributed by atoms with Crippen LogP contribution in [0.5, 0.6) is 11.5 Å². The van der Waals surface area contributed by atoms with Gasteiger partial charge in [-0.3, -0.25) is 0 Å². The fraction of sp³-hybridized carbons (Fsp3) is 0.148. The molecule has 2 aromatic heterocycles. The molecule has 0 unspecified atom stereocenters. The number of aromatic amines is 1. The molecule has 1 fully saturated rings. The van der Waals surface area contributed by atoms with Crippen LogP contribution in [-0.4, -0.2) is 74.4 Å². The van der Waals surface area contributed by atoms with Gasteiger partial charge in [-0.15, -0.1) is 10.2 Å². The summed E-state index contributed by atoms with van der Waals surface area (Å²) in [6.45, 7) is 1.90. The van der Waals surface area contributed by atoms with Crippen LogP contribution in [0.2, 0.25) is 0 Å². The zero-order valence-corrected chi connectivity index (χ0v) is 18.9. The van der Waals surface area contributed by atoms with Gasteiger partial charge in [0.15, 0.2) is 5.75 Å². The third kappa shape index (κ3) is 5.07. The van der Waals surface area contributed by atoms with E-state index in [9.17, 15) is 9.90 Å². The van der Waals surface area contributed by atoms with Crippen LogP contribution in [0.3, 0.4) is 0 Å². The summed E-state index contributed by atoms with van der Waals surface area (Å²) in [6, 6.07) is 21.0. The summed E-state index contributed by atoms with van der Waals surface area (Å²) in [5, 5.41) is 25.1. The molecule has 2 N–H and O–H groups in total. The third-order valence-electron chi connectivity index (χ3n) is 6.28. The van der Waals surface area contributed by atoms with Crippen LogP contribution in [0, 0.1) is 6.92 Å². The summed E-state index contributed by atoms with van der Waals surface area (Å²) in [4.78, 5) is 17.3. The molecule has 176 valence electrons. The fourth-order valence-electron chi connectivity index (χ4n) is 4.46. The van der Waals surface area contributed by atoms with Crippen molar-refractivity contribution in [3.05, 3.63) is 83.6 Å². The van der Waals surface area contributed by atoms with Gasteiger partial charge in [0.25, 0.3) is 0 Å². The van der Waals surface area contributed by atoms with Gasteiger partial charge >= 0.3 is 43.7 Å². The second-order valence-electron chi connectivity index (χ2n) is 8.66. The number of tetrazole rings is 1. The molecule has 5 aromatic rings.